The summed E-state index contributed by atoms with van der Waals surface area (Å²) >= 11 is 0. The van der Waals surface area contributed by atoms with Crippen LogP contribution in [0.4, 0.5) is 22.0 Å². The van der Waals surface area contributed by atoms with Gasteiger partial charge < -0.3 is 4.74 Å². The first-order chi connectivity index (χ1) is 12.0. The highest BCUT2D eigenvalue weighted by Gasteiger charge is 2.21. The molecule has 140 valence electrons. The van der Waals surface area contributed by atoms with Gasteiger partial charge in [-0.1, -0.05) is 12.2 Å². The predicted octanol–water partition coefficient (Wildman–Crippen LogP) is 6.22. The normalized spacial score (nSPS) is 21.2. The fraction of sp³-hybridized carbons (Fsp3) is 0.579. The summed E-state index contributed by atoms with van der Waals surface area (Å²) in [5.74, 6) is -2.26. The van der Waals surface area contributed by atoms with Crippen LogP contribution in [-0.4, -0.2) is 13.3 Å². The van der Waals surface area contributed by atoms with Gasteiger partial charge in [-0.3, -0.25) is 4.39 Å². The average Bonchev–Trinajstić information content (AvgIpc) is 2.57. The lowest BCUT2D eigenvalue weighted by Crippen LogP contribution is -2.14. The molecule has 0 heterocycles. The van der Waals surface area contributed by atoms with Crippen molar-refractivity contribution in [2.75, 3.05) is 6.67 Å². The minimum absolute atomic E-state index is 0.333. The molecule has 1 aliphatic carbocycles. The van der Waals surface area contributed by atoms with E-state index in [4.69, 9.17) is 0 Å². The summed E-state index contributed by atoms with van der Waals surface area (Å²) < 4.78 is 67.6. The quantitative estimate of drug-likeness (QED) is 0.394. The molecule has 1 nitrogen and oxygen atoms in total. The Morgan fingerprint density at radius 3 is 2.28 bits per heavy atom. The molecule has 1 aromatic carbocycles. The van der Waals surface area contributed by atoms with E-state index < -0.39 is 24.0 Å². The molecule has 0 saturated heterocycles. The van der Waals surface area contributed by atoms with Gasteiger partial charge in [-0.25, -0.2) is 8.78 Å². The van der Waals surface area contributed by atoms with Crippen molar-refractivity contribution < 1.29 is 26.7 Å². The van der Waals surface area contributed by atoms with E-state index in [2.05, 4.69) is 10.8 Å². The van der Waals surface area contributed by atoms with Crippen molar-refractivity contribution in [3.8, 4) is 5.75 Å². The van der Waals surface area contributed by atoms with Gasteiger partial charge in [0, 0.05) is 0 Å². The van der Waals surface area contributed by atoms with Crippen LogP contribution in [0.5, 0.6) is 5.75 Å². The van der Waals surface area contributed by atoms with Gasteiger partial charge in [-0.2, -0.15) is 8.78 Å². The van der Waals surface area contributed by atoms with Crippen LogP contribution in [0, 0.1) is 23.5 Å². The smallest absolute Gasteiger partial charge is 0.387 e. The van der Waals surface area contributed by atoms with E-state index in [0.717, 1.165) is 44.2 Å². The summed E-state index contributed by atoms with van der Waals surface area (Å²) in [7, 11) is 0. The van der Waals surface area contributed by atoms with Crippen molar-refractivity contribution in [2.24, 2.45) is 11.8 Å². The van der Waals surface area contributed by atoms with E-state index in [9.17, 15) is 22.0 Å². The van der Waals surface area contributed by atoms with E-state index in [1.54, 1.807) is 0 Å². The number of hydrogen-bond donors (Lipinski definition) is 0. The van der Waals surface area contributed by atoms with Crippen LogP contribution in [0.15, 0.2) is 24.3 Å². The van der Waals surface area contributed by atoms with Gasteiger partial charge in [0.1, 0.15) is 0 Å². The number of halogens is 5. The van der Waals surface area contributed by atoms with Crippen molar-refractivity contribution in [2.45, 2.75) is 51.6 Å². The Kier molecular flexibility index (Phi) is 7.72. The molecule has 6 heteroatoms. The maximum atomic E-state index is 13.7. The highest BCUT2D eigenvalue weighted by atomic mass is 19.3. The lowest BCUT2D eigenvalue weighted by atomic mass is 9.79. The van der Waals surface area contributed by atoms with E-state index >= 15 is 0 Å². The van der Waals surface area contributed by atoms with Crippen LogP contribution in [0.3, 0.4) is 0 Å². The van der Waals surface area contributed by atoms with Gasteiger partial charge >= 0.3 is 6.61 Å². The second-order valence-corrected chi connectivity index (χ2v) is 6.49. The predicted molar refractivity (Wildman–Crippen MR) is 86.5 cm³/mol. The van der Waals surface area contributed by atoms with Crippen molar-refractivity contribution in [3.05, 3.63) is 41.5 Å². The maximum absolute atomic E-state index is 13.7. The monoisotopic (exact) mass is 362 g/mol. The first-order valence-electron chi connectivity index (χ1n) is 8.65. The fourth-order valence-corrected chi connectivity index (χ4v) is 3.35. The molecular weight excluding hydrogens is 339 g/mol. The second kappa shape index (κ2) is 9.78. The first kappa shape index (κ1) is 19.7. The fourth-order valence-electron chi connectivity index (χ4n) is 3.35. The van der Waals surface area contributed by atoms with Crippen molar-refractivity contribution in [3.63, 3.8) is 0 Å². The Bertz CT molecular complexity index is 542. The standard InChI is InChI=1S/C19H23F5O/c20-10-2-1-3-13-4-6-14(7-5-13)8-9-15-11-16(21)18(17(22)12-15)25-19(23)24/h1,3,11-14,19H,2,4-10H2. The second-order valence-electron chi connectivity index (χ2n) is 6.49. The van der Waals surface area contributed by atoms with E-state index in [-0.39, 0.29) is 6.67 Å². The molecule has 0 unspecified atom stereocenters. The lowest BCUT2D eigenvalue weighted by molar-refractivity contribution is -0.0546. The molecule has 0 amide bonds. The molecule has 1 aliphatic rings. The van der Waals surface area contributed by atoms with Crippen LogP contribution in [0.25, 0.3) is 0 Å². The molecule has 0 aliphatic heterocycles. The molecule has 0 bridgehead atoms. The summed E-state index contributed by atoms with van der Waals surface area (Å²) in [5, 5.41) is 0. The minimum Gasteiger partial charge on any atom is -0.429 e. The molecular formula is C19H23F5O. The Balaban J connectivity index is 1.82. The third-order valence-electron chi connectivity index (χ3n) is 4.68. The lowest BCUT2D eigenvalue weighted by Gasteiger charge is -2.26. The maximum Gasteiger partial charge on any atom is 0.387 e. The Hall–Kier alpha value is -1.59. The molecule has 1 saturated carbocycles. The zero-order chi connectivity index (χ0) is 18.2. The molecule has 25 heavy (non-hydrogen) atoms. The van der Waals surface area contributed by atoms with Gasteiger partial charge in [-0.05, 0) is 74.5 Å². The summed E-state index contributed by atoms with van der Waals surface area (Å²) in [6, 6.07) is 2.12. The Morgan fingerprint density at radius 2 is 1.72 bits per heavy atom. The van der Waals surface area contributed by atoms with Crippen LogP contribution < -0.4 is 4.74 Å². The molecule has 0 spiro atoms. The topological polar surface area (TPSA) is 9.23 Å². The molecule has 1 aromatic rings. The van der Waals surface area contributed by atoms with Crippen LogP contribution in [0.2, 0.25) is 0 Å². The van der Waals surface area contributed by atoms with Gasteiger partial charge in [0.2, 0.25) is 0 Å². The molecule has 0 radical (unpaired) electrons. The zero-order valence-electron chi connectivity index (χ0n) is 14.0. The number of aryl methyl sites for hydroxylation is 1. The van der Waals surface area contributed by atoms with E-state index in [1.165, 1.54) is 0 Å². The van der Waals surface area contributed by atoms with Crippen LogP contribution >= 0.6 is 0 Å². The van der Waals surface area contributed by atoms with Crippen LogP contribution in [0.1, 0.15) is 44.1 Å². The number of ether oxygens (including phenoxy) is 1. The third kappa shape index (κ3) is 6.33. The van der Waals surface area contributed by atoms with Crippen molar-refractivity contribution in [1.29, 1.82) is 0 Å². The summed E-state index contributed by atoms with van der Waals surface area (Å²) in [4.78, 5) is 0. The highest BCUT2D eigenvalue weighted by Crippen LogP contribution is 2.33. The number of rotatable bonds is 8. The third-order valence-corrected chi connectivity index (χ3v) is 4.68. The van der Waals surface area contributed by atoms with E-state index in [1.807, 2.05) is 6.08 Å². The van der Waals surface area contributed by atoms with Gasteiger partial charge in [0.05, 0.1) is 6.67 Å². The van der Waals surface area contributed by atoms with Crippen molar-refractivity contribution in [1.82, 2.24) is 0 Å². The minimum atomic E-state index is -3.26. The van der Waals surface area contributed by atoms with E-state index in [0.29, 0.717) is 30.2 Å². The van der Waals surface area contributed by atoms with Gasteiger partial charge in [0.25, 0.3) is 0 Å². The number of alkyl halides is 3. The van der Waals surface area contributed by atoms with Crippen molar-refractivity contribution >= 4 is 0 Å². The Labute approximate surface area is 144 Å². The SMILES string of the molecule is FCCC=CC1CCC(CCc2cc(F)c(OC(F)F)c(F)c2)CC1. The molecule has 0 N–H and O–H groups in total. The molecule has 1 fully saturated rings. The number of hydrogen-bond acceptors (Lipinski definition) is 1. The number of benzene rings is 1. The van der Waals surface area contributed by atoms with Gasteiger partial charge in [0.15, 0.2) is 17.4 Å². The summed E-state index contributed by atoms with van der Waals surface area (Å²) in [6.45, 7) is -3.59. The Morgan fingerprint density at radius 1 is 1.08 bits per heavy atom. The van der Waals surface area contributed by atoms with Gasteiger partial charge in [-0.15, -0.1) is 0 Å². The molecule has 0 aromatic heterocycles. The van der Waals surface area contributed by atoms with Crippen LogP contribution in [-0.2, 0) is 6.42 Å². The average molecular weight is 362 g/mol. The molecule has 0 atom stereocenters. The summed E-state index contributed by atoms with van der Waals surface area (Å²) in [6.07, 6.45) is 9.87. The first-order valence-corrected chi connectivity index (χ1v) is 8.65. The summed E-state index contributed by atoms with van der Waals surface area (Å²) in [5.41, 5.74) is 0.446. The number of allylic oxidation sites excluding steroid dienone is 2. The largest absolute Gasteiger partial charge is 0.429 e. The zero-order valence-corrected chi connectivity index (χ0v) is 14.0. The highest BCUT2D eigenvalue weighted by molar-refractivity contribution is 5.31. The molecule has 2 rings (SSSR count).